The molecule has 1 aromatic rings. The topological polar surface area (TPSA) is 104 Å². The largest absolute Gasteiger partial charge is 0.508 e. The fourth-order valence-electron chi connectivity index (χ4n) is 3.47. The molecule has 1 aliphatic carbocycles. The molecular weight excluding hydrogens is 363 g/mol. The van der Waals surface area contributed by atoms with Gasteiger partial charge in [0.05, 0.1) is 11.6 Å². The van der Waals surface area contributed by atoms with Gasteiger partial charge in [-0.1, -0.05) is 6.92 Å². The number of fused-ring (bicyclic) bond motifs is 1. The number of rotatable bonds is 6. The average Bonchev–Trinajstić information content (AvgIpc) is 3.26. The van der Waals surface area contributed by atoms with Crippen molar-refractivity contribution in [3.8, 4) is 5.75 Å². The number of amides is 2. The molecule has 1 saturated carbocycles. The third kappa shape index (κ3) is 3.82. The highest BCUT2D eigenvalue weighted by atomic mass is 32.2. The molecular formula is C17H21FN2O5S. The number of carbonyl (C=O) groups is 2. The molecule has 0 unspecified atom stereocenters. The Morgan fingerprint density at radius 3 is 2.81 bits per heavy atom. The van der Waals surface area contributed by atoms with Gasteiger partial charge in [0.1, 0.15) is 17.3 Å². The highest BCUT2D eigenvalue weighted by Crippen LogP contribution is 2.49. The van der Waals surface area contributed by atoms with Gasteiger partial charge >= 0.3 is 0 Å². The lowest BCUT2D eigenvalue weighted by Gasteiger charge is -2.27. The highest BCUT2D eigenvalue weighted by molar-refractivity contribution is 7.92. The monoisotopic (exact) mass is 384 g/mol. The first-order valence-corrected chi connectivity index (χ1v) is 10.3. The smallest absolute Gasteiger partial charge is 0.254 e. The van der Waals surface area contributed by atoms with Gasteiger partial charge in [-0.05, 0) is 36.5 Å². The van der Waals surface area contributed by atoms with Crippen molar-refractivity contribution in [1.29, 1.82) is 0 Å². The Morgan fingerprint density at radius 1 is 1.38 bits per heavy atom. The maximum absolute atomic E-state index is 13.7. The molecule has 0 radical (unpaired) electrons. The summed E-state index contributed by atoms with van der Waals surface area (Å²) < 4.78 is 37.1. The first kappa shape index (κ1) is 18.6. The normalized spacial score (nSPS) is 24.2. The van der Waals surface area contributed by atoms with Crippen LogP contribution < -0.4 is 5.32 Å². The lowest BCUT2D eigenvalue weighted by atomic mass is 10.1. The predicted molar refractivity (Wildman–Crippen MR) is 91.8 cm³/mol. The second-order valence-electron chi connectivity index (χ2n) is 6.82. The van der Waals surface area contributed by atoms with Crippen LogP contribution in [0, 0.1) is 17.7 Å². The third-order valence-electron chi connectivity index (χ3n) is 5.07. The Morgan fingerprint density at radius 2 is 2.12 bits per heavy atom. The van der Waals surface area contributed by atoms with Crippen molar-refractivity contribution in [2.24, 2.45) is 11.8 Å². The minimum Gasteiger partial charge on any atom is -0.508 e. The number of hydrogen-bond donors (Lipinski definition) is 2. The zero-order chi connectivity index (χ0) is 19.1. The van der Waals surface area contributed by atoms with E-state index in [1.807, 2.05) is 0 Å². The van der Waals surface area contributed by atoms with Gasteiger partial charge in [0.2, 0.25) is 5.91 Å². The Labute approximate surface area is 151 Å². The van der Waals surface area contributed by atoms with Crippen LogP contribution >= 0.6 is 0 Å². The van der Waals surface area contributed by atoms with Crippen LogP contribution in [0.1, 0.15) is 23.7 Å². The van der Waals surface area contributed by atoms with Gasteiger partial charge in [-0.3, -0.25) is 9.59 Å². The molecule has 2 fully saturated rings. The summed E-state index contributed by atoms with van der Waals surface area (Å²) >= 11 is 0. The van der Waals surface area contributed by atoms with Crippen LogP contribution in [0.2, 0.25) is 0 Å². The number of likely N-dealkylation sites (tertiary alicyclic amines) is 1. The van der Waals surface area contributed by atoms with Crippen LogP contribution in [0.4, 0.5) is 4.39 Å². The second kappa shape index (κ2) is 6.86. The van der Waals surface area contributed by atoms with Crippen molar-refractivity contribution >= 4 is 21.7 Å². The molecule has 0 bridgehead atoms. The molecule has 1 aromatic carbocycles. The number of nitrogens with one attached hydrogen (secondary N) is 1. The summed E-state index contributed by atoms with van der Waals surface area (Å²) in [4.78, 5) is 26.1. The number of phenols is 1. The van der Waals surface area contributed by atoms with E-state index in [2.05, 4.69) is 5.32 Å². The average molecular weight is 384 g/mol. The Hall–Kier alpha value is -2.16. The van der Waals surface area contributed by atoms with Crippen molar-refractivity contribution in [2.45, 2.75) is 19.4 Å². The molecule has 7 nitrogen and oxygen atoms in total. The molecule has 2 amide bonds. The molecule has 142 valence electrons. The molecule has 1 saturated heterocycles. The van der Waals surface area contributed by atoms with E-state index in [1.165, 1.54) is 11.8 Å². The Balaban J connectivity index is 1.65. The van der Waals surface area contributed by atoms with Gasteiger partial charge in [-0.25, -0.2) is 12.8 Å². The summed E-state index contributed by atoms with van der Waals surface area (Å²) in [6.45, 7) is 2.10. The maximum Gasteiger partial charge on any atom is 0.254 e. The van der Waals surface area contributed by atoms with Gasteiger partial charge in [-0.2, -0.15) is 0 Å². The van der Waals surface area contributed by atoms with Gasteiger partial charge in [-0.15, -0.1) is 0 Å². The number of hydrogen-bond acceptors (Lipinski definition) is 5. The van der Waals surface area contributed by atoms with E-state index in [0.717, 1.165) is 24.6 Å². The zero-order valence-electron chi connectivity index (χ0n) is 14.3. The number of aromatic hydroxyl groups is 1. The minimum absolute atomic E-state index is 0.0996. The summed E-state index contributed by atoms with van der Waals surface area (Å²) in [5, 5.41) is 12.0. The standard InChI is InChI=1S/C17H21FN2O5S/c1-2-26(24,25)9-16(22)20-8-10-5-12(10)15(20)7-19-17(23)13-6-11(21)3-4-14(13)18/h3-4,6,10,12,15,21H,2,5,7-9H2,1H3,(H,19,23)/t10-,12-,15+/m0/s1. The van der Waals surface area contributed by atoms with Crippen LogP contribution in [-0.2, 0) is 14.6 Å². The Kier molecular flexibility index (Phi) is 4.92. The molecule has 3 atom stereocenters. The quantitative estimate of drug-likeness (QED) is 0.745. The van der Waals surface area contributed by atoms with E-state index in [4.69, 9.17) is 0 Å². The molecule has 0 aromatic heterocycles. The number of phenolic OH excluding ortho intramolecular Hbond substituents is 1. The molecule has 9 heteroatoms. The zero-order valence-corrected chi connectivity index (χ0v) is 15.1. The van der Waals surface area contributed by atoms with E-state index >= 15 is 0 Å². The predicted octanol–water partition coefficient (Wildman–Crippen LogP) is 0.543. The first-order chi connectivity index (χ1) is 12.2. The van der Waals surface area contributed by atoms with Gasteiger partial charge in [0, 0.05) is 18.8 Å². The molecule has 2 N–H and O–H groups in total. The molecule has 1 aliphatic heterocycles. The van der Waals surface area contributed by atoms with Crippen LogP contribution in [0.15, 0.2) is 18.2 Å². The van der Waals surface area contributed by atoms with Gasteiger partial charge < -0.3 is 15.3 Å². The fraction of sp³-hybridized carbons (Fsp3) is 0.529. The molecule has 3 rings (SSSR count). The number of halogens is 1. The first-order valence-electron chi connectivity index (χ1n) is 8.48. The lowest BCUT2D eigenvalue weighted by Crippen LogP contribution is -2.47. The van der Waals surface area contributed by atoms with E-state index in [-0.39, 0.29) is 35.6 Å². The van der Waals surface area contributed by atoms with E-state index in [0.29, 0.717) is 12.5 Å². The van der Waals surface area contributed by atoms with E-state index < -0.39 is 33.2 Å². The van der Waals surface area contributed by atoms with Crippen LogP contribution in [0.5, 0.6) is 5.75 Å². The number of piperidine rings is 1. The van der Waals surface area contributed by atoms with Crippen molar-refractivity contribution in [3.05, 3.63) is 29.6 Å². The van der Waals surface area contributed by atoms with E-state index in [1.54, 1.807) is 0 Å². The number of carbonyl (C=O) groups excluding carboxylic acids is 2. The number of benzene rings is 1. The van der Waals surface area contributed by atoms with Crippen molar-refractivity contribution in [3.63, 3.8) is 0 Å². The summed E-state index contributed by atoms with van der Waals surface area (Å²) in [7, 11) is -3.42. The van der Waals surface area contributed by atoms with Gasteiger partial charge in [0.15, 0.2) is 9.84 Å². The molecule has 0 spiro atoms. The van der Waals surface area contributed by atoms with Gasteiger partial charge in [0.25, 0.3) is 5.91 Å². The van der Waals surface area contributed by atoms with Crippen LogP contribution in [-0.4, -0.2) is 60.9 Å². The van der Waals surface area contributed by atoms with Crippen molar-refractivity contribution in [2.75, 3.05) is 24.6 Å². The molecule has 1 heterocycles. The SMILES string of the molecule is CCS(=O)(=O)CC(=O)N1C[C@@H]2C[C@@H]2[C@H]1CNC(=O)c1cc(O)ccc1F. The highest BCUT2D eigenvalue weighted by Gasteiger charge is 2.53. The third-order valence-corrected chi connectivity index (χ3v) is 6.64. The lowest BCUT2D eigenvalue weighted by molar-refractivity contribution is -0.129. The second-order valence-corrected chi connectivity index (χ2v) is 9.18. The van der Waals surface area contributed by atoms with Crippen LogP contribution in [0.25, 0.3) is 0 Å². The number of sulfone groups is 1. The summed E-state index contributed by atoms with van der Waals surface area (Å²) in [6.07, 6.45) is 0.936. The van der Waals surface area contributed by atoms with E-state index in [9.17, 15) is 27.5 Å². The summed E-state index contributed by atoms with van der Waals surface area (Å²) in [6, 6.07) is 2.90. The summed E-state index contributed by atoms with van der Waals surface area (Å²) in [5.41, 5.74) is -0.276. The van der Waals surface area contributed by atoms with Crippen LogP contribution in [0.3, 0.4) is 0 Å². The fourth-order valence-corrected chi connectivity index (χ4v) is 4.22. The maximum atomic E-state index is 13.7. The number of nitrogens with zero attached hydrogens (tertiary/aromatic N) is 1. The molecule has 26 heavy (non-hydrogen) atoms. The van der Waals surface area contributed by atoms with Crippen molar-refractivity contribution in [1.82, 2.24) is 10.2 Å². The minimum atomic E-state index is -3.42. The Bertz CT molecular complexity index is 842. The van der Waals surface area contributed by atoms with Crippen molar-refractivity contribution < 1.29 is 27.5 Å². The molecule has 2 aliphatic rings. The summed E-state index contributed by atoms with van der Waals surface area (Å²) in [5.74, 6) is -2.18.